The van der Waals surface area contributed by atoms with Crippen LogP contribution in [0, 0.1) is 25.5 Å². The second-order valence-electron chi connectivity index (χ2n) is 8.20. The van der Waals surface area contributed by atoms with E-state index in [-0.39, 0.29) is 32.8 Å². The van der Waals surface area contributed by atoms with E-state index in [2.05, 4.69) is 5.32 Å². The summed E-state index contributed by atoms with van der Waals surface area (Å²) in [6, 6.07) is 16.2. The lowest BCUT2D eigenvalue weighted by Gasteiger charge is -2.15. The Morgan fingerprint density at radius 2 is 1.49 bits per heavy atom. The lowest BCUT2D eigenvalue weighted by Crippen LogP contribution is -2.19. The highest BCUT2D eigenvalue weighted by Crippen LogP contribution is 2.35. The standard InChI is InChI=1S/C20H14Cl2F2N2O4S.C7H8O/c1-10-6-11(23)3-5-17(10)30-18-9-15(22)14(21)8-13(18)20(27)26-16-4-2-12(24)7-19(16)31(25,28)29;1-6-4-2-3-5-7(6)8/h2-9H,1H3,(H,26,27)(H2,25,28,29);2-5,8H,1H3. The number of anilines is 1. The third-order valence-electron chi connectivity index (χ3n) is 5.24. The maximum Gasteiger partial charge on any atom is 0.259 e. The first-order chi connectivity index (χ1) is 18.3. The van der Waals surface area contributed by atoms with E-state index >= 15 is 0 Å². The van der Waals surface area contributed by atoms with E-state index in [0.29, 0.717) is 17.4 Å². The second-order valence-corrected chi connectivity index (χ2v) is 10.5. The number of amides is 1. The molecule has 0 aliphatic carbocycles. The Morgan fingerprint density at radius 1 is 0.872 bits per heavy atom. The number of nitrogens with one attached hydrogen (secondary N) is 1. The van der Waals surface area contributed by atoms with Crippen LogP contribution < -0.4 is 15.2 Å². The van der Waals surface area contributed by atoms with Crippen LogP contribution in [0.1, 0.15) is 21.5 Å². The highest BCUT2D eigenvalue weighted by molar-refractivity contribution is 7.89. The Hall–Kier alpha value is -3.70. The smallest absolute Gasteiger partial charge is 0.259 e. The molecule has 0 saturated carbocycles. The highest BCUT2D eigenvalue weighted by Gasteiger charge is 2.21. The normalized spacial score (nSPS) is 10.8. The summed E-state index contributed by atoms with van der Waals surface area (Å²) >= 11 is 12.1. The molecule has 204 valence electrons. The zero-order chi connectivity index (χ0) is 28.9. The van der Waals surface area contributed by atoms with Crippen molar-refractivity contribution in [2.45, 2.75) is 18.7 Å². The number of ether oxygens (including phenoxy) is 1. The topological polar surface area (TPSA) is 119 Å². The van der Waals surface area contributed by atoms with Gasteiger partial charge in [-0.15, -0.1) is 0 Å². The number of rotatable bonds is 5. The van der Waals surface area contributed by atoms with Crippen molar-refractivity contribution in [1.29, 1.82) is 0 Å². The Labute approximate surface area is 233 Å². The largest absolute Gasteiger partial charge is 0.508 e. The summed E-state index contributed by atoms with van der Waals surface area (Å²) in [6.45, 7) is 3.47. The molecule has 4 N–H and O–H groups in total. The van der Waals surface area contributed by atoms with Gasteiger partial charge in [0.25, 0.3) is 5.91 Å². The van der Waals surface area contributed by atoms with Gasteiger partial charge in [-0.1, -0.05) is 41.4 Å². The van der Waals surface area contributed by atoms with Gasteiger partial charge >= 0.3 is 0 Å². The summed E-state index contributed by atoms with van der Waals surface area (Å²) in [6.07, 6.45) is 0. The van der Waals surface area contributed by atoms with Gasteiger partial charge in [-0.3, -0.25) is 4.79 Å². The number of phenolic OH excluding ortho intramolecular Hbond substituents is 1. The predicted molar refractivity (Wildman–Crippen MR) is 146 cm³/mol. The van der Waals surface area contributed by atoms with Gasteiger partial charge in [0.2, 0.25) is 10.0 Å². The maximum absolute atomic E-state index is 13.5. The van der Waals surface area contributed by atoms with E-state index in [1.165, 1.54) is 30.3 Å². The number of nitrogens with two attached hydrogens (primary N) is 1. The van der Waals surface area contributed by atoms with Gasteiger partial charge in [0.05, 0.1) is 21.3 Å². The van der Waals surface area contributed by atoms with Crippen LogP contribution in [0.15, 0.2) is 77.7 Å². The summed E-state index contributed by atoms with van der Waals surface area (Å²) in [5.41, 5.74) is 1.02. The quantitative estimate of drug-likeness (QED) is 0.230. The zero-order valence-corrected chi connectivity index (χ0v) is 22.8. The van der Waals surface area contributed by atoms with Crippen molar-refractivity contribution < 1.29 is 31.8 Å². The Morgan fingerprint density at radius 3 is 2.08 bits per heavy atom. The number of hydrogen-bond acceptors (Lipinski definition) is 5. The van der Waals surface area contributed by atoms with Gasteiger partial charge in [-0.25, -0.2) is 22.3 Å². The third kappa shape index (κ3) is 7.90. The molecule has 12 heteroatoms. The molecule has 4 aromatic carbocycles. The lowest BCUT2D eigenvalue weighted by atomic mass is 10.1. The van der Waals surface area contributed by atoms with Crippen LogP contribution in [0.5, 0.6) is 17.2 Å². The van der Waals surface area contributed by atoms with Gasteiger partial charge in [0.15, 0.2) is 0 Å². The van der Waals surface area contributed by atoms with Crippen molar-refractivity contribution >= 4 is 44.8 Å². The van der Waals surface area contributed by atoms with Crippen LogP contribution in [0.4, 0.5) is 14.5 Å². The fourth-order valence-electron chi connectivity index (χ4n) is 3.22. The SMILES string of the molecule is Cc1cc(F)ccc1Oc1cc(Cl)c(Cl)cc1C(=O)Nc1ccc(F)cc1S(N)(=O)=O.Cc1ccccc1O. The number of para-hydroxylation sites is 1. The van der Waals surface area contributed by atoms with Gasteiger partial charge in [-0.2, -0.15) is 0 Å². The number of carbonyl (C=O) groups excluding carboxylic acids is 1. The average molecular weight is 595 g/mol. The van der Waals surface area contributed by atoms with Crippen molar-refractivity contribution in [2.75, 3.05) is 5.32 Å². The molecule has 39 heavy (non-hydrogen) atoms. The first-order valence-electron chi connectivity index (χ1n) is 11.1. The first-order valence-corrected chi connectivity index (χ1v) is 13.4. The van der Waals surface area contributed by atoms with Gasteiger partial charge in [-0.05, 0) is 73.5 Å². The number of phenols is 1. The predicted octanol–water partition coefficient (Wildman–Crippen LogP) is 6.97. The zero-order valence-electron chi connectivity index (χ0n) is 20.5. The van der Waals surface area contributed by atoms with Crippen LogP contribution in [0.2, 0.25) is 10.0 Å². The number of hydrogen-bond donors (Lipinski definition) is 3. The number of benzene rings is 4. The molecule has 1 amide bonds. The van der Waals surface area contributed by atoms with Crippen LogP contribution in [-0.2, 0) is 10.0 Å². The molecule has 0 bridgehead atoms. The molecular weight excluding hydrogens is 573 g/mol. The van der Waals surface area contributed by atoms with E-state index in [0.717, 1.165) is 17.7 Å². The lowest BCUT2D eigenvalue weighted by molar-refractivity contribution is 0.102. The molecule has 7 nitrogen and oxygen atoms in total. The number of sulfonamides is 1. The summed E-state index contributed by atoms with van der Waals surface area (Å²) in [4.78, 5) is 12.3. The molecule has 0 radical (unpaired) electrons. The third-order valence-corrected chi connectivity index (χ3v) is 6.91. The molecule has 0 aromatic heterocycles. The van der Waals surface area contributed by atoms with Crippen molar-refractivity contribution in [3.63, 3.8) is 0 Å². The summed E-state index contributed by atoms with van der Waals surface area (Å²) in [7, 11) is -4.34. The van der Waals surface area contributed by atoms with Crippen LogP contribution in [0.25, 0.3) is 0 Å². The average Bonchev–Trinajstić information content (AvgIpc) is 2.85. The van der Waals surface area contributed by atoms with Crippen molar-refractivity contribution in [3.05, 3.63) is 111 Å². The molecule has 0 spiro atoms. The minimum Gasteiger partial charge on any atom is -0.508 e. The van der Waals surface area contributed by atoms with Gasteiger partial charge in [0.1, 0.15) is 33.8 Å². The maximum atomic E-state index is 13.5. The van der Waals surface area contributed by atoms with E-state index < -0.39 is 32.5 Å². The monoisotopic (exact) mass is 594 g/mol. The second kappa shape index (κ2) is 12.4. The van der Waals surface area contributed by atoms with Crippen LogP contribution in [0.3, 0.4) is 0 Å². The van der Waals surface area contributed by atoms with E-state index in [4.69, 9.17) is 38.2 Å². The Bertz CT molecular complexity index is 1630. The molecule has 4 rings (SSSR count). The summed E-state index contributed by atoms with van der Waals surface area (Å²) in [5, 5.41) is 16.5. The molecule has 0 saturated heterocycles. The number of aryl methyl sites for hydroxylation is 2. The summed E-state index contributed by atoms with van der Waals surface area (Å²) < 4.78 is 56.1. The first kappa shape index (κ1) is 29.9. The van der Waals surface area contributed by atoms with Crippen LogP contribution >= 0.6 is 23.2 Å². The van der Waals surface area contributed by atoms with Gasteiger partial charge < -0.3 is 15.2 Å². The van der Waals surface area contributed by atoms with E-state index in [9.17, 15) is 22.0 Å². The fraction of sp³-hybridized carbons (Fsp3) is 0.0741. The molecule has 4 aromatic rings. The Balaban J connectivity index is 0.000000449. The van der Waals surface area contributed by atoms with Crippen molar-refractivity contribution in [1.82, 2.24) is 0 Å². The molecule has 0 heterocycles. The number of primary sulfonamides is 1. The van der Waals surface area contributed by atoms with Crippen molar-refractivity contribution in [3.8, 4) is 17.2 Å². The molecule has 0 unspecified atom stereocenters. The minimum absolute atomic E-state index is 0.0270. The minimum atomic E-state index is -4.34. The van der Waals surface area contributed by atoms with Crippen LogP contribution in [-0.4, -0.2) is 19.4 Å². The van der Waals surface area contributed by atoms with Gasteiger partial charge in [0, 0.05) is 6.07 Å². The fourth-order valence-corrected chi connectivity index (χ4v) is 4.24. The molecule has 0 aliphatic rings. The number of carbonyl (C=O) groups is 1. The number of halogens is 4. The number of aromatic hydroxyl groups is 1. The van der Waals surface area contributed by atoms with E-state index in [1.54, 1.807) is 13.0 Å². The Kier molecular flexibility index (Phi) is 9.52. The molecular formula is C27H22Cl2F2N2O5S. The van der Waals surface area contributed by atoms with E-state index in [1.807, 2.05) is 25.1 Å². The highest BCUT2D eigenvalue weighted by atomic mass is 35.5. The summed E-state index contributed by atoms with van der Waals surface area (Å²) in [5.74, 6) is -1.56. The van der Waals surface area contributed by atoms with Crippen molar-refractivity contribution in [2.24, 2.45) is 5.14 Å². The molecule has 0 atom stereocenters. The molecule has 0 aliphatic heterocycles. The molecule has 0 fully saturated rings.